The average molecular weight is 374 g/mol. The minimum absolute atomic E-state index is 0.172. The largest absolute Gasteiger partial charge is 0.478 e. The predicted molar refractivity (Wildman–Crippen MR) is 99.1 cm³/mol. The Kier molecular flexibility index (Phi) is 5.63. The first-order valence-electron chi connectivity index (χ1n) is 8.23. The third-order valence-electron chi connectivity index (χ3n) is 3.74. The normalized spacial score (nSPS) is 15.4. The van der Waals surface area contributed by atoms with Crippen molar-refractivity contribution < 1.29 is 19.5 Å². The number of nitrogens with zero attached hydrogens (tertiary/aromatic N) is 3. The molecule has 2 aromatic rings. The number of carbonyl (C=O) groups excluding carboxylic acids is 2. The second-order valence-electron chi connectivity index (χ2n) is 5.69. The van der Waals surface area contributed by atoms with E-state index in [2.05, 4.69) is 38.8 Å². The molecule has 8 nitrogen and oxygen atoms in total. The second-order valence-corrected chi connectivity index (χ2v) is 5.69. The number of aliphatic imine (C=N–C) groups is 1. The van der Waals surface area contributed by atoms with E-state index in [0.29, 0.717) is 12.2 Å². The van der Waals surface area contributed by atoms with E-state index in [-0.39, 0.29) is 12.0 Å². The van der Waals surface area contributed by atoms with Gasteiger partial charge in [-0.2, -0.15) is 4.90 Å². The van der Waals surface area contributed by atoms with Crippen LogP contribution >= 0.6 is 0 Å². The molecule has 0 bridgehead atoms. The summed E-state index contributed by atoms with van der Waals surface area (Å²) in [6, 6.07) is 7.73. The molecule has 2 heterocycles. The van der Waals surface area contributed by atoms with Gasteiger partial charge < -0.3 is 10.1 Å². The third kappa shape index (κ3) is 4.51. The van der Waals surface area contributed by atoms with Crippen LogP contribution in [0.25, 0.3) is 0 Å². The molecule has 0 saturated carbocycles. The van der Waals surface area contributed by atoms with Gasteiger partial charge in [0.1, 0.15) is 5.82 Å². The molecule has 3 rings (SSSR count). The van der Waals surface area contributed by atoms with Gasteiger partial charge >= 0.3 is 5.97 Å². The van der Waals surface area contributed by atoms with Gasteiger partial charge in [0.2, 0.25) is 0 Å². The van der Waals surface area contributed by atoms with E-state index in [1.54, 1.807) is 24.5 Å². The summed E-state index contributed by atoms with van der Waals surface area (Å²) in [7, 11) is 0. The first kappa shape index (κ1) is 18.6. The van der Waals surface area contributed by atoms with Crippen LogP contribution in [0.2, 0.25) is 0 Å². The molecule has 1 aliphatic heterocycles. The van der Waals surface area contributed by atoms with Gasteiger partial charge in [0.25, 0.3) is 11.8 Å². The van der Waals surface area contributed by atoms with E-state index in [4.69, 9.17) is 5.11 Å². The summed E-state index contributed by atoms with van der Waals surface area (Å²) < 4.78 is 0. The monoisotopic (exact) mass is 374 g/mol. The number of amides is 2. The van der Waals surface area contributed by atoms with E-state index in [9.17, 15) is 14.4 Å². The van der Waals surface area contributed by atoms with Gasteiger partial charge in [-0.1, -0.05) is 29.9 Å². The molecule has 2 N–H and O–H groups in total. The number of nitrogens with one attached hydrogen (secondary N) is 1. The average Bonchev–Trinajstić information content (AvgIpc) is 3.20. The fourth-order valence-corrected chi connectivity index (χ4v) is 2.31. The molecule has 0 radical (unpaired) electrons. The number of hydrogen-bond acceptors (Lipinski definition) is 5. The van der Waals surface area contributed by atoms with Gasteiger partial charge in [0.05, 0.1) is 18.2 Å². The molecule has 1 atom stereocenters. The van der Waals surface area contributed by atoms with Crippen molar-refractivity contribution in [3.63, 3.8) is 0 Å². The number of aromatic nitrogens is 2. The van der Waals surface area contributed by atoms with Gasteiger partial charge in [0, 0.05) is 24.9 Å². The molecule has 0 spiro atoms. The number of rotatable bonds is 3. The zero-order valence-electron chi connectivity index (χ0n) is 14.5. The molecule has 8 heteroatoms. The van der Waals surface area contributed by atoms with Crippen LogP contribution in [-0.2, 0) is 22.4 Å². The van der Waals surface area contributed by atoms with Crippen molar-refractivity contribution in [2.75, 3.05) is 0 Å². The van der Waals surface area contributed by atoms with Gasteiger partial charge in [0.15, 0.2) is 6.04 Å². The Morgan fingerprint density at radius 1 is 1.18 bits per heavy atom. The fraction of sp³-hybridized carbons (Fsp3) is 0.150. The van der Waals surface area contributed by atoms with E-state index >= 15 is 0 Å². The number of carboxylic acid groups (broad SMARTS) is 1. The summed E-state index contributed by atoms with van der Waals surface area (Å²) in [5.41, 5.74) is 0.933. The van der Waals surface area contributed by atoms with E-state index < -0.39 is 23.8 Å². The Balaban J connectivity index is 1.65. The molecule has 1 aromatic heterocycles. The molecule has 1 unspecified atom stereocenters. The lowest BCUT2D eigenvalue weighted by Crippen LogP contribution is -2.43. The van der Waals surface area contributed by atoms with Crippen molar-refractivity contribution in [1.29, 1.82) is 0 Å². The maximum atomic E-state index is 12.4. The standard InChI is InChI=1S/C20H14N4O4/c25-18-13-23-16(4-1-5-17-21-10-11-22-17)19(26)24(18)12-2-3-14-6-8-15(9-7-14)20(27)28/h6-11,13,16H,3,5H2,(H,21,22)(H,27,28). The van der Waals surface area contributed by atoms with Crippen molar-refractivity contribution >= 4 is 24.0 Å². The highest BCUT2D eigenvalue weighted by atomic mass is 16.4. The number of carboxylic acids is 1. The molecule has 0 fully saturated rings. The van der Waals surface area contributed by atoms with E-state index in [0.717, 1.165) is 16.7 Å². The van der Waals surface area contributed by atoms with Crippen LogP contribution in [0.5, 0.6) is 0 Å². The SMILES string of the molecule is O=C(O)c1ccc(CC#CN2C(=O)C=NC(C#CCc3ncc[nH]3)C2=O)cc1. The minimum atomic E-state index is -1.01. The molecule has 1 aliphatic rings. The molecule has 2 amide bonds. The van der Waals surface area contributed by atoms with Crippen LogP contribution in [-0.4, -0.2) is 50.0 Å². The molecular formula is C20H14N4O4. The number of aromatic carboxylic acids is 1. The lowest BCUT2D eigenvalue weighted by Gasteiger charge is -2.17. The molecule has 0 saturated heterocycles. The number of benzene rings is 1. The number of carbonyl (C=O) groups is 3. The first-order chi connectivity index (χ1) is 13.5. The highest BCUT2D eigenvalue weighted by Crippen LogP contribution is 2.06. The van der Waals surface area contributed by atoms with Gasteiger partial charge in [-0.25, -0.2) is 9.78 Å². The van der Waals surface area contributed by atoms with Gasteiger partial charge in [-0.3, -0.25) is 14.6 Å². The molecule has 28 heavy (non-hydrogen) atoms. The van der Waals surface area contributed by atoms with Crippen LogP contribution in [0.4, 0.5) is 0 Å². The van der Waals surface area contributed by atoms with Crippen LogP contribution < -0.4 is 0 Å². The summed E-state index contributed by atoms with van der Waals surface area (Å²) in [5.74, 6) is 6.69. The maximum Gasteiger partial charge on any atom is 0.335 e. The summed E-state index contributed by atoms with van der Waals surface area (Å²) in [4.78, 5) is 46.7. The quantitative estimate of drug-likeness (QED) is 0.605. The van der Waals surface area contributed by atoms with Gasteiger partial charge in [-0.15, -0.1) is 0 Å². The van der Waals surface area contributed by atoms with Crippen LogP contribution in [0, 0.1) is 23.8 Å². The smallest absolute Gasteiger partial charge is 0.335 e. The van der Waals surface area contributed by atoms with E-state index in [1.807, 2.05) is 0 Å². The molecule has 0 aliphatic carbocycles. The first-order valence-corrected chi connectivity index (χ1v) is 8.23. The van der Waals surface area contributed by atoms with Gasteiger partial charge in [-0.05, 0) is 17.7 Å². The summed E-state index contributed by atoms with van der Waals surface area (Å²) >= 11 is 0. The summed E-state index contributed by atoms with van der Waals surface area (Å²) in [6.07, 6.45) is 4.89. The molecule has 138 valence electrons. The Morgan fingerprint density at radius 3 is 2.64 bits per heavy atom. The highest BCUT2D eigenvalue weighted by molar-refractivity contribution is 6.33. The van der Waals surface area contributed by atoms with Crippen molar-refractivity contribution in [3.8, 4) is 23.8 Å². The number of imidazole rings is 1. The predicted octanol–water partition coefficient (Wildman–Crippen LogP) is 0.666. The van der Waals surface area contributed by atoms with Crippen molar-refractivity contribution in [2.45, 2.75) is 18.9 Å². The summed E-state index contributed by atoms with van der Waals surface area (Å²) in [5, 5.41) is 8.88. The number of imide groups is 1. The van der Waals surface area contributed by atoms with Crippen molar-refractivity contribution in [2.24, 2.45) is 4.99 Å². The Bertz CT molecular complexity index is 1050. The van der Waals surface area contributed by atoms with Crippen LogP contribution in [0.1, 0.15) is 21.7 Å². The highest BCUT2D eigenvalue weighted by Gasteiger charge is 2.29. The second kappa shape index (κ2) is 8.47. The topological polar surface area (TPSA) is 116 Å². The van der Waals surface area contributed by atoms with Crippen LogP contribution in [0.3, 0.4) is 0 Å². The minimum Gasteiger partial charge on any atom is -0.478 e. The van der Waals surface area contributed by atoms with Crippen molar-refractivity contribution in [1.82, 2.24) is 14.9 Å². The molecular weight excluding hydrogens is 360 g/mol. The van der Waals surface area contributed by atoms with Crippen LogP contribution in [0.15, 0.2) is 41.7 Å². The third-order valence-corrected chi connectivity index (χ3v) is 3.74. The Hall–Kier alpha value is -4.17. The Morgan fingerprint density at radius 2 is 1.96 bits per heavy atom. The summed E-state index contributed by atoms with van der Waals surface area (Å²) in [6.45, 7) is 0. The zero-order chi connectivity index (χ0) is 19.9. The van der Waals surface area contributed by atoms with E-state index in [1.165, 1.54) is 12.1 Å². The van der Waals surface area contributed by atoms with Crippen molar-refractivity contribution in [3.05, 3.63) is 53.6 Å². The fourth-order valence-electron chi connectivity index (χ4n) is 2.31. The lowest BCUT2D eigenvalue weighted by atomic mass is 10.1. The lowest BCUT2D eigenvalue weighted by molar-refractivity contribution is -0.137. The number of hydrogen-bond donors (Lipinski definition) is 2. The zero-order valence-corrected chi connectivity index (χ0v) is 14.5. The maximum absolute atomic E-state index is 12.4. The number of H-pyrrole nitrogens is 1. The number of aromatic amines is 1. The Labute approximate surface area is 160 Å². The molecule has 1 aromatic carbocycles.